The van der Waals surface area contributed by atoms with Crippen molar-refractivity contribution in [2.75, 3.05) is 46.6 Å². The maximum Gasteiger partial charge on any atom is 0.255 e. The Labute approximate surface area is 176 Å². The summed E-state index contributed by atoms with van der Waals surface area (Å²) in [5, 5.41) is 6.98. The van der Waals surface area contributed by atoms with Crippen LogP contribution < -0.4 is 5.56 Å². The van der Waals surface area contributed by atoms with E-state index in [1.165, 1.54) is 12.1 Å². The van der Waals surface area contributed by atoms with Crippen LogP contribution in [0.5, 0.6) is 0 Å². The Morgan fingerprint density at radius 2 is 1.97 bits per heavy atom. The molecule has 0 amide bonds. The minimum Gasteiger partial charge on any atom is -0.377 e. The molecule has 0 aliphatic carbocycles. The molecule has 0 unspecified atom stereocenters. The van der Waals surface area contributed by atoms with Crippen LogP contribution in [0.2, 0.25) is 0 Å². The summed E-state index contributed by atoms with van der Waals surface area (Å²) >= 11 is 0. The molecule has 0 aromatic carbocycles. The van der Waals surface area contributed by atoms with Crippen molar-refractivity contribution in [1.29, 1.82) is 0 Å². The molecule has 2 bridgehead atoms. The van der Waals surface area contributed by atoms with Gasteiger partial charge in [0.1, 0.15) is 0 Å². The van der Waals surface area contributed by atoms with Crippen LogP contribution in [-0.4, -0.2) is 77.2 Å². The molecule has 5 rings (SSSR count). The minimum absolute atomic E-state index is 0.174. The van der Waals surface area contributed by atoms with Gasteiger partial charge in [0.2, 0.25) is 0 Å². The minimum atomic E-state index is 0.174. The second kappa shape index (κ2) is 8.63. The van der Waals surface area contributed by atoms with Gasteiger partial charge in [-0.05, 0) is 31.5 Å². The van der Waals surface area contributed by atoms with E-state index in [1.54, 1.807) is 6.20 Å². The third kappa shape index (κ3) is 4.09. The van der Waals surface area contributed by atoms with Gasteiger partial charge in [0.05, 0.1) is 32.5 Å². The topological polar surface area (TPSA) is 75.6 Å². The Balaban J connectivity index is 1.31. The molecule has 2 atom stereocenters. The second-order valence-electron chi connectivity index (χ2n) is 9.01. The highest BCUT2D eigenvalue weighted by Crippen LogP contribution is 2.36. The normalized spacial score (nSPS) is 25.3. The molecule has 1 N–H and O–H groups in total. The summed E-state index contributed by atoms with van der Waals surface area (Å²) in [7, 11) is 2.04. The molecule has 3 aliphatic rings. The van der Waals surface area contributed by atoms with E-state index in [2.05, 4.69) is 30.6 Å². The molecule has 2 fully saturated rings. The Morgan fingerprint density at radius 3 is 2.73 bits per heavy atom. The van der Waals surface area contributed by atoms with Gasteiger partial charge in [-0.1, -0.05) is 6.07 Å². The highest BCUT2D eigenvalue weighted by molar-refractivity contribution is 5.22. The molecule has 2 aromatic heterocycles. The van der Waals surface area contributed by atoms with Gasteiger partial charge in [-0.15, -0.1) is 0 Å². The molecule has 5 heterocycles. The lowest BCUT2D eigenvalue weighted by Gasteiger charge is -2.45. The van der Waals surface area contributed by atoms with E-state index in [4.69, 9.17) is 9.47 Å². The summed E-state index contributed by atoms with van der Waals surface area (Å²) in [5.41, 5.74) is 3.28. The highest BCUT2D eigenvalue weighted by atomic mass is 16.5. The van der Waals surface area contributed by atoms with Gasteiger partial charge >= 0.3 is 0 Å². The van der Waals surface area contributed by atoms with Crippen molar-refractivity contribution in [1.82, 2.24) is 24.6 Å². The molecular weight excluding hydrogens is 382 g/mol. The van der Waals surface area contributed by atoms with Crippen LogP contribution in [0.3, 0.4) is 0 Å². The van der Waals surface area contributed by atoms with E-state index in [0.29, 0.717) is 37.6 Å². The number of rotatable bonds is 5. The lowest BCUT2D eigenvalue weighted by atomic mass is 9.82. The molecule has 2 aromatic rings. The standard InChI is InChI=1S/C22H31N5O3/c1-25(13-19-4-5-23-24-19)11-17-2-3-21-18-8-16(10-27(21)22(17)28)9-26(12-18)20-14-29-6-7-30-15-20/h2-5,16,18,20H,6-15H2,1H3,(H,23,24)/t16-,18+/m0/s1. The van der Waals surface area contributed by atoms with E-state index in [-0.39, 0.29) is 5.56 Å². The molecule has 0 radical (unpaired) electrons. The van der Waals surface area contributed by atoms with E-state index < -0.39 is 0 Å². The number of nitrogens with one attached hydrogen (secondary N) is 1. The van der Waals surface area contributed by atoms with Gasteiger partial charge in [0.25, 0.3) is 5.56 Å². The van der Waals surface area contributed by atoms with E-state index in [1.807, 2.05) is 19.2 Å². The molecule has 0 saturated carbocycles. The Hall–Kier alpha value is -2.00. The Bertz CT molecular complexity index is 904. The summed E-state index contributed by atoms with van der Waals surface area (Å²) in [6.45, 7) is 7.05. The van der Waals surface area contributed by atoms with Crippen LogP contribution in [0.4, 0.5) is 0 Å². The van der Waals surface area contributed by atoms with Gasteiger partial charge in [-0.2, -0.15) is 5.10 Å². The number of fused-ring (bicyclic) bond motifs is 4. The first-order valence-corrected chi connectivity index (χ1v) is 11.0. The number of H-pyrrole nitrogens is 1. The fraction of sp³-hybridized carbons (Fsp3) is 0.636. The number of aromatic nitrogens is 3. The van der Waals surface area contributed by atoms with Crippen molar-refractivity contribution in [2.45, 2.75) is 38.0 Å². The Kier molecular flexibility index (Phi) is 5.73. The lowest BCUT2D eigenvalue weighted by Crippen LogP contribution is -2.53. The zero-order valence-corrected chi connectivity index (χ0v) is 17.6. The zero-order chi connectivity index (χ0) is 20.5. The summed E-state index contributed by atoms with van der Waals surface area (Å²) in [5.74, 6) is 0.917. The lowest BCUT2D eigenvalue weighted by molar-refractivity contribution is 0.0234. The van der Waals surface area contributed by atoms with Crippen molar-refractivity contribution < 1.29 is 9.47 Å². The van der Waals surface area contributed by atoms with Gasteiger partial charge in [0.15, 0.2) is 0 Å². The van der Waals surface area contributed by atoms with Crippen molar-refractivity contribution in [3.8, 4) is 0 Å². The smallest absolute Gasteiger partial charge is 0.255 e. The van der Waals surface area contributed by atoms with Crippen LogP contribution in [0.1, 0.15) is 29.3 Å². The van der Waals surface area contributed by atoms with E-state index in [0.717, 1.165) is 50.7 Å². The summed E-state index contributed by atoms with van der Waals surface area (Å²) in [6.07, 6.45) is 2.93. The SMILES string of the molecule is CN(Cc1ccn[nH]1)Cc1ccc2n(c1=O)C[C@H]1C[C@@H]2CN(C2COCCOC2)C1. The zero-order valence-electron chi connectivity index (χ0n) is 17.6. The molecule has 8 nitrogen and oxygen atoms in total. The Morgan fingerprint density at radius 1 is 1.13 bits per heavy atom. The van der Waals surface area contributed by atoms with Gasteiger partial charge in [-0.25, -0.2) is 0 Å². The van der Waals surface area contributed by atoms with E-state index in [9.17, 15) is 4.79 Å². The van der Waals surface area contributed by atoms with Crippen LogP contribution in [-0.2, 0) is 29.1 Å². The van der Waals surface area contributed by atoms with Crippen LogP contribution >= 0.6 is 0 Å². The number of ether oxygens (including phenoxy) is 2. The number of nitrogens with zero attached hydrogens (tertiary/aromatic N) is 4. The van der Waals surface area contributed by atoms with Gasteiger partial charge in [0, 0.05) is 61.8 Å². The summed E-state index contributed by atoms with van der Waals surface area (Å²) in [6, 6.07) is 6.51. The van der Waals surface area contributed by atoms with Crippen molar-refractivity contribution in [3.05, 3.63) is 51.7 Å². The number of pyridine rings is 1. The van der Waals surface area contributed by atoms with Crippen LogP contribution in [0.25, 0.3) is 0 Å². The first-order valence-electron chi connectivity index (χ1n) is 11.0. The largest absolute Gasteiger partial charge is 0.377 e. The molecule has 162 valence electrons. The molecule has 3 aliphatic heterocycles. The maximum absolute atomic E-state index is 13.3. The fourth-order valence-corrected chi connectivity index (χ4v) is 5.27. The summed E-state index contributed by atoms with van der Waals surface area (Å²) in [4.78, 5) is 18.0. The third-order valence-corrected chi connectivity index (χ3v) is 6.66. The average molecular weight is 414 g/mol. The molecule has 30 heavy (non-hydrogen) atoms. The predicted molar refractivity (Wildman–Crippen MR) is 112 cm³/mol. The average Bonchev–Trinajstić information content (AvgIpc) is 3.09. The first kappa shape index (κ1) is 19.9. The van der Waals surface area contributed by atoms with Crippen LogP contribution in [0, 0.1) is 5.92 Å². The molecule has 2 saturated heterocycles. The number of hydrogen-bond acceptors (Lipinski definition) is 6. The first-order chi connectivity index (χ1) is 14.7. The number of hydrogen-bond donors (Lipinski definition) is 1. The van der Waals surface area contributed by atoms with Gasteiger partial charge < -0.3 is 14.0 Å². The second-order valence-corrected chi connectivity index (χ2v) is 9.01. The predicted octanol–water partition coefficient (Wildman–Crippen LogP) is 1.04. The number of piperidine rings is 1. The van der Waals surface area contributed by atoms with Crippen molar-refractivity contribution in [2.24, 2.45) is 5.92 Å². The molecule has 8 heteroatoms. The summed E-state index contributed by atoms with van der Waals surface area (Å²) < 4.78 is 13.5. The number of likely N-dealkylation sites (tertiary alicyclic amines) is 1. The van der Waals surface area contributed by atoms with Crippen LogP contribution in [0.15, 0.2) is 29.2 Å². The fourth-order valence-electron chi connectivity index (χ4n) is 5.27. The quantitative estimate of drug-likeness (QED) is 0.790. The molecular formula is C22H31N5O3. The van der Waals surface area contributed by atoms with Crippen molar-refractivity contribution >= 4 is 0 Å². The maximum atomic E-state index is 13.3. The molecule has 0 spiro atoms. The number of aromatic amines is 1. The highest BCUT2D eigenvalue weighted by Gasteiger charge is 2.37. The van der Waals surface area contributed by atoms with Gasteiger partial charge in [-0.3, -0.25) is 19.7 Å². The van der Waals surface area contributed by atoms with Crippen molar-refractivity contribution in [3.63, 3.8) is 0 Å². The van der Waals surface area contributed by atoms with E-state index >= 15 is 0 Å². The third-order valence-electron chi connectivity index (χ3n) is 6.66. The monoisotopic (exact) mass is 413 g/mol.